The van der Waals surface area contributed by atoms with E-state index in [1.54, 1.807) is 27.7 Å². The molecule has 9 nitrogen and oxygen atoms in total. The van der Waals surface area contributed by atoms with Gasteiger partial charge in [-0.25, -0.2) is 4.98 Å². The lowest BCUT2D eigenvalue weighted by molar-refractivity contribution is 0.299. The third kappa shape index (κ3) is 6.37. The Balaban J connectivity index is 0.00000341. The molecule has 3 rings (SSSR count). The molecule has 0 unspecified atom stereocenters. The molecule has 0 aliphatic carbocycles. The van der Waals surface area contributed by atoms with Gasteiger partial charge in [0.15, 0.2) is 5.96 Å². The van der Waals surface area contributed by atoms with Gasteiger partial charge in [0.25, 0.3) is 0 Å². The largest absolute Gasteiger partial charge is 0.496 e. The summed E-state index contributed by atoms with van der Waals surface area (Å²) >= 11 is 0. The number of H-pyrrole nitrogens is 1. The van der Waals surface area contributed by atoms with E-state index in [4.69, 9.17) is 19.2 Å². The first kappa shape index (κ1) is 25.0. The van der Waals surface area contributed by atoms with Crippen molar-refractivity contribution in [2.45, 2.75) is 32.1 Å². The highest BCUT2D eigenvalue weighted by atomic mass is 127. The first-order valence-electron chi connectivity index (χ1n) is 10.4. The second kappa shape index (κ2) is 12.6. The number of aliphatic imine (C=N–C) groups is 1. The Hall–Kier alpha value is -2.24. The number of methoxy groups -OCH3 is 3. The van der Waals surface area contributed by atoms with Gasteiger partial charge in [0.2, 0.25) is 0 Å². The Bertz CT molecular complexity index is 798. The van der Waals surface area contributed by atoms with Crippen molar-refractivity contribution in [2.24, 2.45) is 4.99 Å². The lowest BCUT2D eigenvalue weighted by atomic mass is 9.96. The van der Waals surface area contributed by atoms with Crippen molar-refractivity contribution in [3.63, 3.8) is 0 Å². The van der Waals surface area contributed by atoms with Crippen LogP contribution in [0, 0.1) is 0 Å². The second-order valence-electron chi connectivity index (χ2n) is 7.13. The van der Waals surface area contributed by atoms with Crippen molar-refractivity contribution in [3.8, 4) is 17.2 Å². The average molecular weight is 544 g/mol. The topological polar surface area (TPSA) is 96.9 Å². The fourth-order valence-corrected chi connectivity index (χ4v) is 3.80. The zero-order valence-corrected chi connectivity index (χ0v) is 21.0. The second-order valence-corrected chi connectivity index (χ2v) is 7.13. The minimum absolute atomic E-state index is 0. The summed E-state index contributed by atoms with van der Waals surface area (Å²) in [6.07, 6.45) is 4.34. The molecule has 2 aromatic rings. The zero-order chi connectivity index (χ0) is 21.3. The van der Waals surface area contributed by atoms with Gasteiger partial charge >= 0.3 is 0 Å². The van der Waals surface area contributed by atoms with Crippen molar-refractivity contribution in [3.05, 3.63) is 29.8 Å². The summed E-state index contributed by atoms with van der Waals surface area (Å²) in [7, 11) is 4.94. The number of hydrogen-bond acceptors (Lipinski definition) is 6. The van der Waals surface area contributed by atoms with E-state index < -0.39 is 0 Å². The molecule has 1 fully saturated rings. The van der Waals surface area contributed by atoms with Crippen molar-refractivity contribution in [1.82, 2.24) is 25.4 Å². The first-order valence-corrected chi connectivity index (χ1v) is 10.4. The third-order valence-corrected chi connectivity index (χ3v) is 5.39. The van der Waals surface area contributed by atoms with E-state index in [9.17, 15) is 0 Å². The van der Waals surface area contributed by atoms with Gasteiger partial charge in [0, 0.05) is 49.8 Å². The molecule has 172 valence electrons. The van der Waals surface area contributed by atoms with Crippen LogP contribution in [0.5, 0.6) is 17.2 Å². The predicted molar refractivity (Wildman–Crippen MR) is 131 cm³/mol. The zero-order valence-electron chi connectivity index (χ0n) is 18.7. The standard InChI is InChI=1S/C21H32N6O3.HI/c1-5-22-21(27-10-7-15(8-11-27)20-24-14-25-26-20)23-9-6-17-18(29-3)12-16(28-2)13-19(17)30-4;/h12-15H,5-11H2,1-4H3,(H,22,23)(H,24,25,26);1H. The molecule has 0 amide bonds. The minimum atomic E-state index is 0. The number of ether oxygens (including phenoxy) is 3. The van der Waals surface area contributed by atoms with Gasteiger partial charge in [-0.2, -0.15) is 5.10 Å². The number of hydrogen-bond donors (Lipinski definition) is 2. The van der Waals surface area contributed by atoms with Gasteiger partial charge < -0.3 is 24.4 Å². The molecule has 1 aliphatic rings. The Kier molecular flexibility index (Phi) is 10.2. The van der Waals surface area contributed by atoms with E-state index in [0.717, 1.165) is 61.3 Å². The Morgan fingerprint density at radius 2 is 1.84 bits per heavy atom. The van der Waals surface area contributed by atoms with E-state index >= 15 is 0 Å². The molecule has 1 aromatic heterocycles. The monoisotopic (exact) mass is 544 g/mol. The molecular formula is C21H33IN6O3. The van der Waals surface area contributed by atoms with Gasteiger partial charge in [-0.3, -0.25) is 10.1 Å². The maximum atomic E-state index is 5.55. The quantitative estimate of drug-likeness (QED) is 0.300. The highest BCUT2D eigenvalue weighted by Gasteiger charge is 2.24. The number of benzene rings is 1. The molecule has 1 aliphatic heterocycles. The number of aromatic nitrogens is 3. The van der Waals surface area contributed by atoms with Gasteiger partial charge in [0.05, 0.1) is 21.3 Å². The van der Waals surface area contributed by atoms with Gasteiger partial charge in [-0.05, 0) is 26.2 Å². The fraction of sp³-hybridized carbons (Fsp3) is 0.571. The molecule has 2 heterocycles. The first-order chi connectivity index (χ1) is 14.7. The maximum absolute atomic E-state index is 5.55. The predicted octanol–water partition coefficient (Wildman–Crippen LogP) is 2.84. The number of guanidine groups is 1. The minimum Gasteiger partial charge on any atom is -0.496 e. The molecule has 0 spiro atoms. The van der Waals surface area contributed by atoms with Gasteiger partial charge in [0.1, 0.15) is 29.4 Å². The molecule has 2 N–H and O–H groups in total. The lowest BCUT2D eigenvalue weighted by Crippen LogP contribution is -2.45. The number of likely N-dealkylation sites (tertiary alicyclic amines) is 1. The van der Waals surface area contributed by atoms with Crippen LogP contribution in [0.25, 0.3) is 0 Å². The summed E-state index contributed by atoms with van der Waals surface area (Å²) < 4.78 is 16.4. The summed E-state index contributed by atoms with van der Waals surface area (Å²) in [4.78, 5) is 11.5. The van der Waals surface area contributed by atoms with Crippen molar-refractivity contribution in [2.75, 3.05) is 47.5 Å². The molecular weight excluding hydrogens is 511 g/mol. The van der Waals surface area contributed by atoms with Crippen molar-refractivity contribution < 1.29 is 14.2 Å². The average Bonchev–Trinajstić information content (AvgIpc) is 3.33. The third-order valence-electron chi connectivity index (χ3n) is 5.39. The normalized spacial score (nSPS) is 14.7. The van der Waals surface area contributed by atoms with Crippen molar-refractivity contribution in [1.29, 1.82) is 0 Å². The SMILES string of the molecule is CCNC(=NCCc1c(OC)cc(OC)cc1OC)N1CCC(c2ncn[nH]2)CC1.I. The van der Waals surface area contributed by atoms with Crippen LogP contribution in [-0.2, 0) is 6.42 Å². The molecule has 0 atom stereocenters. The molecule has 31 heavy (non-hydrogen) atoms. The van der Waals surface area contributed by atoms with Crippen LogP contribution in [0.15, 0.2) is 23.5 Å². The van der Waals surface area contributed by atoms with Gasteiger partial charge in [-0.15, -0.1) is 24.0 Å². The number of aromatic amines is 1. The van der Waals surface area contributed by atoms with Crippen LogP contribution in [0.4, 0.5) is 0 Å². The van der Waals surface area contributed by atoms with Crippen LogP contribution in [0.1, 0.15) is 37.1 Å². The van der Waals surface area contributed by atoms with Crippen LogP contribution < -0.4 is 19.5 Å². The van der Waals surface area contributed by atoms with Crippen LogP contribution in [-0.4, -0.2) is 73.5 Å². The number of nitrogens with zero attached hydrogens (tertiary/aromatic N) is 4. The van der Waals surface area contributed by atoms with Crippen molar-refractivity contribution >= 4 is 29.9 Å². The number of rotatable bonds is 8. The van der Waals surface area contributed by atoms with Crippen LogP contribution in [0.3, 0.4) is 0 Å². The van der Waals surface area contributed by atoms with E-state index in [2.05, 4.69) is 32.3 Å². The smallest absolute Gasteiger partial charge is 0.193 e. The summed E-state index contributed by atoms with van der Waals surface area (Å²) in [6.45, 7) is 5.42. The van der Waals surface area contributed by atoms with E-state index in [0.29, 0.717) is 24.6 Å². The summed E-state index contributed by atoms with van der Waals surface area (Å²) in [6, 6.07) is 3.75. The van der Waals surface area contributed by atoms with Crippen LogP contribution >= 0.6 is 24.0 Å². The lowest BCUT2D eigenvalue weighted by Gasteiger charge is -2.33. The summed E-state index contributed by atoms with van der Waals surface area (Å²) in [5, 5.41) is 10.4. The highest BCUT2D eigenvalue weighted by Crippen LogP contribution is 2.34. The summed E-state index contributed by atoms with van der Waals surface area (Å²) in [5.41, 5.74) is 0.990. The molecule has 1 saturated heterocycles. The van der Waals surface area contributed by atoms with E-state index in [-0.39, 0.29) is 24.0 Å². The molecule has 10 heteroatoms. The number of halogens is 1. The van der Waals surface area contributed by atoms with E-state index in [1.807, 2.05) is 12.1 Å². The number of nitrogens with one attached hydrogen (secondary N) is 2. The Morgan fingerprint density at radius 3 is 2.35 bits per heavy atom. The Morgan fingerprint density at radius 1 is 1.16 bits per heavy atom. The summed E-state index contributed by atoms with van der Waals surface area (Å²) in [5.74, 6) is 4.56. The number of piperidine rings is 1. The fourth-order valence-electron chi connectivity index (χ4n) is 3.80. The molecule has 1 aromatic carbocycles. The maximum Gasteiger partial charge on any atom is 0.193 e. The van der Waals surface area contributed by atoms with Crippen LogP contribution in [0.2, 0.25) is 0 Å². The molecule has 0 radical (unpaired) electrons. The van der Waals surface area contributed by atoms with E-state index in [1.165, 1.54) is 0 Å². The Labute approximate surface area is 201 Å². The molecule has 0 bridgehead atoms. The van der Waals surface area contributed by atoms with Gasteiger partial charge in [-0.1, -0.05) is 0 Å². The molecule has 0 saturated carbocycles. The highest BCUT2D eigenvalue weighted by molar-refractivity contribution is 14.0.